The summed E-state index contributed by atoms with van der Waals surface area (Å²) >= 11 is 0. The van der Waals surface area contributed by atoms with E-state index >= 15 is 0 Å². The molecule has 1 aliphatic carbocycles. The van der Waals surface area contributed by atoms with Gasteiger partial charge < -0.3 is 14.7 Å². The number of nitrogens with zero attached hydrogens (tertiary/aromatic N) is 1. The van der Waals surface area contributed by atoms with Crippen molar-refractivity contribution in [3.63, 3.8) is 0 Å². The number of carbonyl (C=O) groups is 2. The van der Waals surface area contributed by atoms with E-state index in [0.29, 0.717) is 19.4 Å². The lowest BCUT2D eigenvalue weighted by Gasteiger charge is -2.38. The van der Waals surface area contributed by atoms with Gasteiger partial charge >= 0.3 is 5.97 Å². The fourth-order valence-corrected chi connectivity index (χ4v) is 2.08. The van der Waals surface area contributed by atoms with Gasteiger partial charge in [0.1, 0.15) is 0 Å². The van der Waals surface area contributed by atoms with Crippen LogP contribution in [-0.4, -0.2) is 48.7 Å². The molecule has 0 aromatic rings. The third-order valence-corrected chi connectivity index (χ3v) is 3.72. The lowest BCUT2D eigenvalue weighted by atomic mass is 9.66. The number of rotatable bonds is 6. The van der Waals surface area contributed by atoms with E-state index < -0.39 is 11.4 Å². The Morgan fingerprint density at radius 3 is 2.41 bits per heavy atom. The average molecular weight is 243 g/mol. The minimum atomic E-state index is -0.843. The second-order valence-corrected chi connectivity index (χ2v) is 4.92. The maximum Gasteiger partial charge on any atom is 0.310 e. The van der Waals surface area contributed by atoms with Crippen LogP contribution in [0, 0.1) is 5.41 Å². The minimum absolute atomic E-state index is 0.0292. The number of likely N-dealkylation sites (N-methyl/N-ethyl adjacent to an activating group) is 1. The van der Waals surface area contributed by atoms with Crippen LogP contribution in [0.3, 0.4) is 0 Å². The van der Waals surface area contributed by atoms with Crippen molar-refractivity contribution in [1.29, 1.82) is 0 Å². The Morgan fingerprint density at radius 2 is 2.06 bits per heavy atom. The van der Waals surface area contributed by atoms with Gasteiger partial charge in [0.15, 0.2) is 0 Å². The lowest BCUT2D eigenvalue weighted by Crippen LogP contribution is -2.45. The van der Waals surface area contributed by atoms with Crippen molar-refractivity contribution in [3.05, 3.63) is 0 Å². The number of carbonyl (C=O) groups excluding carboxylic acids is 1. The summed E-state index contributed by atoms with van der Waals surface area (Å²) in [5, 5.41) is 9.16. The maximum absolute atomic E-state index is 12.0. The molecule has 1 atom stereocenters. The predicted octanol–water partition coefficient (Wildman–Crippen LogP) is 1.12. The number of hydrogen-bond acceptors (Lipinski definition) is 3. The summed E-state index contributed by atoms with van der Waals surface area (Å²) in [5.41, 5.74) is -0.807. The number of carboxylic acids is 1. The summed E-state index contributed by atoms with van der Waals surface area (Å²) in [7, 11) is 3.28. The van der Waals surface area contributed by atoms with Crippen molar-refractivity contribution in [2.24, 2.45) is 5.41 Å². The van der Waals surface area contributed by atoms with Crippen molar-refractivity contribution in [1.82, 2.24) is 4.90 Å². The normalized spacial score (nSPS) is 19.2. The molecule has 0 aromatic carbocycles. The van der Waals surface area contributed by atoms with Crippen molar-refractivity contribution >= 4 is 11.9 Å². The van der Waals surface area contributed by atoms with E-state index in [1.807, 2.05) is 6.92 Å². The molecular formula is C12H21NO4. The summed E-state index contributed by atoms with van der Waals surface area (Å²) in [4.78, 5) is 24.7. The highest BCUT2D eigenvalue weighted by atomic mass is 16.5. The molecule has 5 heteroatoms. The number of carboxylic acid groups (broad SMARTS) is 1. The number of ether oxygens (including phenoxy) is 1. The zero-order chi connectivity index (χ0) is 13.1. The molecule has 1 rings (SSSR count). The van der Waals surface area contributed by atoms with E-state index in [2.05, 4.69) is 0 Å². The summed E-state index contributed by atoms with van der Waals surface area (Å²) in [6.07, 6.45) is 2.23. The Hall–Kier alpha value is -1.10. The van der Waals surface area contributed by atoms with E-state index in [9.17, 15) is 9.59 Å². The standard InChI is InChI=1S/C12H21NO4/c1-9(8-17-3)13(2)10(14)7-12(11(15)16)5-4-6-12/h9H,4-8H2,1-3H3,(H,15,16). The van der Waals surface area contributed by atoms with Crippen LogP contribution in [0.2, 0.25) is 0 Å². The molecule has 0 bridgehead atoms. The van der Waals surface area contributed by atoms with Crippen LogP contribution in [0.5, 0.6) is 0 Å². The zero-order valence-corrected chi connectivity index (χ0v) is 10.7. The van der Waals surface area contributed by atoms with Crippen molar-refractivity contribution in [2.75, 3.05) is 20.8 Å². The molecule has 0 aromatic heterocycles. The third kappa shape index (κ3) is 2.97. The molecule has 1 N–H and O–H groups in total. The summed E-state index contributed by atoms with van der Waals surface area (Å²) in [6.45, 7) is 2.35. The topological polar surface area (TPSA) is 66.8 Å². The average Bonchev–Trinajstić information content (AvgIpc) is 2.21. The van der Waals surface area contributed by atoms with Crippen LogP contribution in [-0.2, 0) is 14.3 Å². The SMILES string of the molecule is COCC(C)N(C)C(=O)CC1(C(=O)O)CCC1. The van der Waals surface area contributed by atoms with Crippen LogP contribution < -0.4 is 0 Å². The monoisotopic (exact) mass is 243 g/mol. The Labute approximate surface area is 102 Å². The first-order valence-corrected chi connectivity index (χ1v) is 5.91. The molecule has 0 spiro atoms. The van der Waals surface area contributed by atoms with E-state index in [0.717, 1.165) is 6.42 Å². The van der Waals surface area contributed by atoms with E-state index in [1.165, 1.54) is 0 Å². The summed E-state index contributed by atoms with van der Waals surface area (Å²) in [5.74, 6) is -0.957. The number of aliphatic carboxylic acids is 1. The van der Waals surface area contributed by atoms with Gasteiger partial charge in [-0.15, -0.1) is 0 Å². The third-order valence-electron chi connectivity index (χ3n) is 3.72. The van der Waals surface area contributed by atoms with Gasteiger partial charge in [-0.1, -0.05) is 6.42 Å². The molecule has 1 fully saturated rings. The van der Waals surface area contributed by atoms with Gasteiger partial charge in [0.25, 0.3) is 0 Å². The Kier molecular flexibility index (Phi) is 4.51. The van der Waals surface area contributed by atoms with E-state index in [1.54, 1.807) is 19.1 Å². The van der Waals surface area contributed by atoms with Crippen LogP contribution >= 0.6 is 0 Å². The molecule has 0 radical (unpaired) electrons. The van der Waals surface area contributed by atoms with Crippen LogP contribution in [0.4, 0.5) is 0 Å². The van der Waals surface area contributed by atoms with Gasteiger partial charge in [-0.25, -0.2) is 0 Å². The minimum Gasteiger partial charge on any atom is -0.481 e. The molecule has 0 saturated heterocycles. The van der Waals surface area contributed by atoms with E-state index in [-0.39, 0.29) is 18.4 Å². The smallest absolute Gasteiger partial charge is 0.310 e. The number of hydrogen-bond donors (Lipinski definition) is 1. The predicted molar refractivity (Wildman–Crippen MR) is 62.6 cm³/mol. The second-order valence-electron chi connectivity index (χ2n) is 4.92. The fraction of sp³-hybridized carbons (Fsp3) is 0.833. The first-order valence-electron chi connectivity index (χ1n) is 5.91. The van der Waals surface area contributed by atoms with Gasteiger partial charge in [0.2, 0.25) is 5.91 Å². The van der Waals surface area contributed by atoms with Gasteiger partial charge in [-0.2, -0.15) is 0 Å². The molecule has 0 aliphatic heterocycles. The van der Waals surface area contributed by atoms with Crippen molar-refractivity contribution in [2.45, 2.75) is 38.6 Å². The molecule has 1 unspecified atom stereocenters. The van der Waals surface area contributed by atoms with Crippen molar-refractivity contribution < 1.29 is 19.4 Å². The second kappa shape index (κ2) is 5.49. The Bertz CT molecular complexity index is 299. The molecule has 17 heavy (non-hydrogen) atoms. The van der Waals surface area contributed by atoms with Gasteiger partial charge in [0, 0.05) is 20.6 Å². The molecule has 0 heterocycles. The van der Waals surface area contributed by atoms with Crippen LogP contribution in [0.25, 0.3) is 0 Å². The Balaban J connectivity index is 2.56. The number of methoxy groups -OCH3 is 1. The van der Waals surface area contributed by atoms with Gasteiger partial charge in [-0.3, -0.25) is 9.59 Å². The van der Waals surface area contributed by atoms with Crippen molar-refractivity contribution in [3.8, 4) is 0 Å². The van der Waals surface area contributed by atoms with E-state index in [4.69, 9.17) is 9.84 Å². The fourth-order valence-electron chi connectivity index (χ4n) is 2.08. The van der Waals surface area contributed by atoms with Gasteiger partial charge in [-0.05, 0) is 19.8 Å². The highest BCUT2D eigenvalue weighted by Crippen LogP contribution is 2.44. The lowest BCUT2D eigenvalue weighted by molar-refractivity contribution is -0.159. The molecule has 5 nitrogen and oxygen atoms in total. The summed E-state index contributed by atoms with van der Waals surface area (Å²) in [6, 6.07) is -0.0292. The molecule has 98 valence electrons. The quantitative estimate of drug-likeness (QED) is 0.759. The van der Waals surface area contributed by atoms with Crippen LogP contribution in [0.1, 0.15) is 32.6 Å². The summed E-state index contributed by atoms with van der Waals surface area (Å²) < 4.78 is 4.98. The Morgan fingerprint density at radius 1 is 1.47 bits per heavy atom. The molecular weight excluding hydrogens is 222 g/mol. The molecule has 1 aliphatic rings. The van der Waals surface area contributed by atoms with Gasteiger partial charge in [0.05, 0.1) is 18.1 Å². The largest absolute Gasteiger partial charge is 0.481 e. The first kappa shape index (κ1) is 14.0. The zero-order valence-electron chi connectivity index (χ0n) is 10.7. The first-order chi connectivity index (χ1) is 7.93. The highest BCUT2D eigenvalue weighted by Gasteiger charge is 2.46. The van der Waals surface area contributed by atoms with Crippen LogP contribution in [0.15, 0.2) is 0 Å². The highest BCUT2D eigenvalue weighted by molar-refractivity contribution is 5.85. The molecule has 1 saturated carbocycles. The molecule has 1 amide bonds. The maximum atomic E-state index is 12.0. The number of amides is 1.